The Hall–Kier alpha value is 0.570. The number of hydrogen-bond donors (Lipinski definition) is 0. The maximum Gasteiger partial charge on any atom is 0.123 e. The van der Waals surface area contributed by atoms with E-state index in [0.717, 1.165) is 12.8 Å². The fourth-order valence-electron chi connectivity index (χ4n) is 0.463. The number of rotatable bonds is 5. The maximum atomic E-state index is 5.59. The Bertz CT molecular complexity index is 130. The van der Waals surface area contributed by atoms with Crippen LogP contribution >= 0.6 is 34.8 Å². The lowest BCUT2D eigenvalue weighted by Gasteiger charge is -2.01. The van der Waals surface area contributed by atoms with E-state index in [9.17, 15) is 0 Å². The van der Waals surface area contributed by atoms with Crippen LogP contribution in [-0.4, -0.2) is 13.2 Å². The SMILES string of the molecule is CCCCOCC(Cl)=C(Cl)Cl. The van der Waals surface area contributed by atoms with E-state index in [1.807, 2.05) is 0 Å². The molecule has 0 bridgehead atoms. The van der Waals surface area contributed by atoms with Gasteiger partial charge in [0.2, 0.25) is 0 Å². The predicted molar refractivity (Wildman–Crippen MR) is 50.3 cm³/mol. The second kappa shape index (κ2) is 7.23. The van der Waals surface area contributed by atoms with Crippen molar-refractivity contribution in [1.82, 2.24) is 0 Å². The molecule has 0 aliphatic rings. The first-order valence-electron chi connectivity index (χ1n) is 3.45. The predicted octanol–water partition coefficient (Wildman–Crippen LogP) is 3.69. The molecular weight excluding hydrogens is 206 g/mol. The summed E-state index contributed by atoms with van der Waals surface area (Å²) in [5.41, 5.74) is 0. The first-order valence-corrected chi connectivity index (χ1v) is 4.59. The molecule has 0 fully saturated rings. The summed E-state index contributed by atoms with van der Waals surface area (Å²) in [5.74, 6) is 0. The molecule has 0 N–H and O–H groups in total. The van der Waals surface area contributed by atoms with Crippen molar-refractivity contribution < 1.29 is 4.74 Å². The van der Waals surface area contributed by atoms with Crippen molar-refractivity contribution in [1.29, 1.82) is 0 Å². The van der Waals surface area contributed by atoms with E-state index in [2.05, 4.69) is 6.92 Å². The molecule has 0 aromatic heterocycles. The zero-order valence-electron chi connectivity index (χ0n) is 6.37. The van der Waals surface area contributed by atoms with Crippen LogP contribution in [0.3, 0.4) is 0 Å². The zero-order valence-corrected chi connectivity index (χ0v) is 8.64. The molecule has 11 heavy (non-hydrogen) atoms. The second-order valence-electron chi connectivity index (χ2n) is 2.07. The van der Waals surface area contributed by atoms with E-state index >= 15 is 0 Å². The van der Waals surface area contributed by atoms with Gasteiger partial charge in [0.1, 0.15) is 4.49 Å². The fourth-order valence-corrected chi connectivity index (χ4v) is 0.649. The average Bonchev–Trinajstić information content (AvgIpc) is 1.97. The van der Waals surface area contributed by atoms with Crippen molar-refractivity contribution in [2.45, 2.75) is 19.8 Å². The van der Waals surface area contributed by atoms with Crippen LogP contribution in [0, 0.1) is 0 Å². The van der Waals surface area contributed by atoms with Crippen LogP contribution in [0.1, 0.15) is 19.8 Å². The van der Waals surface area contributed by atoms with Gasteiger partial charge in [0.15, 0.2) is 0 Å². The molecule has 0 amide bonds. The molecule has 0 saturated carbocycles. The van der Waals surface area contributed by atoms with Crippen molar-refractivity contribution in [2.75, 3.05) is 13.2 Å². The Balaban J connectivity index is 3.32. The van der Waals surface area contributed by atoms with Crippen molar-refractivity contribution in [2.24, 2.45) is 0 Å². The summed E-state index contributed by atoms with van der Waals surface area (Å²) < 4.78 is 5.22. The minimum Gasteiger partial charge on any atom is -0.376 e. The summed E-state index contributed by atoms with van der Waals surface area (Å²) in [4.78, 5) is 0. The van der Waals surface area contributed by atoms with Gasteiger partial charge in [-0.05, 0) is 6.42 Å². The van der Waals surface area contributed by atoms with Gasteiger partial charge < -0.3 is 4.74 Å². The number of unbranched alkanes of at least 4 members (excludes halogenated alkanes) is 1. The molecule has 0 atom stereocenters. The van der Waals surface area contributed by atoms with Crippen LogP contribution in [-0.2, 0) is 4.74 Å². The Kier molecular flexibility index (Phi) is 7.61. The minimum absolute atomic E-state index is 0.0863. The van der Waals surface area contributed by atoms with Gasteiger partial charge >= 0.3 is 0 Å². The number of hydrogen-bond acceptors (Lipinski definition) is 1. The van der Waals surface area contributed by atoms with E-state index in [-0.39, 0.29) is 4.49 Å². The van der Waals surface area contributed by atoms with E-state index in [0.29, 0.717) is 18.2 Å². The summed E-state index contributed by atoms with van der Waals surface area (Å²) >= 11 is 16.3. The van der Waals surface area contributed by atoms with E-state index in [1.165, 1.54) is 0 Å². The van der Waals surface area contributed by atoms with E-state index in [1.54, 1.807) is 0 Å². The second-order valence-corrected chi connectivity index (χ2v) is 3.48. The molecule has 0 rings (SSSR count). The standard InChI is InChI=1S/C7H11Cl3O/c1-2-3-4-11-5-6(8)7(9)10/h2-5H2,1H3. The van der Waals surface area contributed by atoms with Gasteiger partial charge in [0.05, 0.1) is 11.6 Å². The Morgan fingerprint density at radius 3 is 2.36 bits per heavy atom. The smallest absolute Gasteiger partial charge is 0.123 e. The summed E-state index contributed by atoms with van der Waals surface area (Å²) in [7, 11) is 0. The highest BCUT2D eigenvalue weighted by atomic mass is 35.5. The Labute approximate surface area is 82.3 Å². The summed E-state index contributed by atoms with van der Waals surface area (Å²) in [5, 5.41) is 0.365. The Morgan fingerprint density at radius 2 is 1.91 bits per heavy atom. The van der Waals surface area contributed by atoms with Gasteiger partial charge in [0.25, 0.3) is 0 Å². The zero-order chi connectivity index (χ0) is 8.69. The van der Waals surface area contributed by atoms with Crippen LogP contribution in [0.2, 0.25) is 0 Å². The van der Waals surface area contributed by atoms with Crippen molar-refractivity contribution >= 4 is 34.8 Å². The molecule has 0 heterocycles. The molecule has 0 saturated heterocycles. The lowest BCUT2D eigenvalue weighted by Crippen LogP contribution is -1.96. The highest BCUT2D eigenvalue weighted by Gasteiger charge is 1.97. The van der Waals surface area contributed by atoms with Gasteiger partial charge in [-0.2, -0.15) is 0 Å². The molecule has 4 heteroatoms. The van der Waals surface area contributed by atoms with Crippen LogP contribution in [0.25, 0.3) is 0 Å². The molecule has 66 valence electrons. The molecule has 1 nitrogen and oxygen atoms in total. The molecule has 0 unspecified atom stereocenters. The van der Waals surface area contributed by atoms with Gasteiger partial charge in [-0.1, -0.05) is 48.1 Å². The van der Waals surface area contributed by atoms with Gasteiger partial charge in [-0.25, -0.2) is 0 Å². The topological polar surface area (TPSA) is 9.23 Å². The average molecular weight is 218 g/mol. The monoisotopic (exact) mass is 216 g/mol. The minimum atomic E-state index is 0.0863. The highest BCUT2D eigenvalue weighted by Crippen LogP contribution is 2.17. The third-order valence-electron chi connectivity index (χ3n) is 1.08. The molecular formula is C7H11Cl3O. The maximum absolute atomic E-state index is 5.59. The van der Waals surface area contributed by atoms with Crippen LogP contribution in [0.5, 0.6) is 0 Å². The summed E-state index contributed by atoms with van der Waals surface area (Å²) in [6.45, 7) is 3.10. The fraction of sp³-hybridized carbons (Fsp3) is 0.714. The first-order chi connectivity index (χ1) is 5.18. The molecule has 0 aliphatic heterocycles. The third-order valence-corrected chi connectivity index (χ3v) is 2.02. The van der Waals surface area contributed by atoms with Gasteiger partial charge in [-0.15, -0.1) is 0 Å². The summed E-state index contributed by atoms with van der Waals surface area (Å²) in [6, 6.07) is 0. The molecule has 0 aliphatic carbocycles. The largest absolute Gasteiger partial charge is 0.376 e. The van der Waals surface area contributed by atoms with Crippen molar-refractivity contribution in [3.63, 3.8) is 0 Å². The van der Waals surface area contributed by atoms with Crippen LogP contribution in [0.4, 0.5) is 0 Å². The first kappa shape index (κ1) is 11.6. The Morgan fingerprint density at radius 1 is 1.27 bits per heavy atom. The van der Waals surface area contributed by atoms with E-state index < -0.39 is 0 Å². The molecule has 0 spiro atoms. The van der Waals surface area contributed by atoms with E-state index in [4.69, 9.17) is 39.5 Å². The quantitative estimate of drug-likeness (QED) is 0.638. The number of ether oxygens (including phenoxy) is 1. The molecule has 0 aromatic carbocycles. The summed E-state index contributed by atoms with van der Waals surface area (Å²) in [6.07, 6.45) is 2.14. The lowest BCUT2D eigenvalue weighted by atomic mass is 10.4. The van der Waals surface area contributed by atoms with Gasteiger partial charge in [-0.3, -0.25) is 0 Å². The molecule has 0 aromatic rings. The number of halogens is 3. The highest BCUT2D eigenvalue weighted by molar-refractivity contribution is 6.59. The van der Waals surface area contributed by atoms with Crippen LogP contribution in [0.15, 0.2) is 9.52 Å². The van der Waals surface area contributed by atoms with Crippen molar-refractivity contribution in [3.8, 4) is 0 Å². The normalized spacial score (nSPS) is 9.82. The third kappa shape index (κ3) is 6.95. The molecule has 0 radical (unpaired) electrons. The lowest BCUT2D eigenvalue weighted by molar-refractivity contribution is 0.156. The van der Waals surface area contributed by atoms with Gasteiger partial charge in [0, 0.05) is 6.61 Å². The van der Waals surface area contributed by atoms with Crippen LogP contribution < -0.4 is 0 Å². The van der Waals surface area contributed by atoms with Crippen molar-refractivity contribution in [3.05, 3.63) is 9.52 Å².